The Morgan fingerprint density at radius 2 is 1.59 bits per heavy atom. The number of alkyl carbamates (subject to hydrolysis) is 1. The second-order valence-electron chi connectivity index (χ2n) is 10.7. The molecular weight excluding hydrogens is 509 g/mol. The van der Waals surface area contributed by atoms with Gasteiger partial charge in [0.25, 0.3) is 0 Å². The SMILES string of the molecule is CC(C)(C)OC(=O)N[C@@H](CCSCCC(O)(c1cc2ccccc2cn1)C(F)(F)F)C(=O)OC(C)(C)C. The normalized spacial score (nSPS) is 15.1. The summed E-state index contributed by atoms with van der Waals surface area (Å²) in [5.41, 5.74) is -5.19. The van der Waals surface area contributed by atoms with Crippen molar-refractivity contribution in [3.63, 3.8) is 0 Å². The quantitative estimate of drug-likeness (QED) is 0.307. The van der Waals surface area contributed by atoms with Gasteiger partial charge in [-0.3, -0.25) is 4.98 Å². The van der Waals surface area contributed by atoms with Crippen LogP contribution in [0, 0.1) is 0 Å². The Kier molecular flexibility index (Phi) is 9.87. The zero-order valence-corrected chi connectivity index (χ0v) is 22.8. The van der Waals surface area contributed by atoms with Gasteiger partial charge in [0.1, 0.15) is 17.2 Å². The molecule has 7 nitrogen and oxygen atoms in total. The summed E-state index contributed by atoms with van der Waals surface area (Å²) in [7, 11) is 0. The standard InChI is InChI=1S/C26H35F3N2O5S/c1-23(2,3)35-21(32)19(31-22(33)36-24(4,5)6)11-13-37-14-12-25(34,26(27,28)29)20-15-17-9-7-8-10-18(17)16-30-20/h7-10,15-16,19,34H,11-14H2,1-6H3,(H,31,33)/t19-,25?/m0/s1. The van der Waals surface area contributed by atoms with E-state index in [0.29, 0.717) is 10.8 Å². The molecule has 2 N–H and O–H groups in total. The number of benzene rings is 1. The van der Waals surface area contributed by atoms with Crippen LogP contribution in [0.15, 0.2) is 36.5 Å². The van der Waals surface area contributed by atoms with Crippen molar-refractivity contribution in [3.05, 3.63) is 42.2 Å². The number of nitrogens with one attached hydrogen (secondary N) is 1. The van der Waals surface area contributed by atoms with Gasteiger partial charge in [-0.15, -0.1) is 0 Å². The Morgan fingerprint density at radius 3 is 2.16 bits per heavy atom. The van der Waals surface area contributed by atoms with Gasteiger partial charge in [0, 0.05) is 11.6 Å². The minimum absolute atomic E-state index is 0.0714. The van der Waals surface area contributed by atoms with Gasteiger partial charge in [0.2, 0.25) is 5.60 Å². The van der Waals surface area contributed by atoms with Gasteiger partial charge >= 0.3 is 18.2 Å². The highest BCUT2D eigenvalue weighted by atomic mass is 32.2. The Bertz CT molecular complexity index is 1080. The monoisotopic (exact) mass is 544 g/mol. The number of carbonyl (C=O) groups excluding carboxylic acids is 2. The van der Waals surface area contributed by atoms with E-state index in [-0.39, 0.29) is 17.9 Å². The number of esters is 1. The van der Waals surface area contributed by atoms with Crippen LogP contribution >= 0.6 is 11.8 Å². The van der Waals surface area contributed by atoms with E-state index >= 15 is 0 Å². The molecule has 11 heteroatoms. The number of hydrogen-bond acceptors (Lipinski definition) is 7. The van der Waals surface area contributed by atoms with Crippen LogP contribution in [-0.2, 0) is 19.9 Å². The molecule has 0 aliphatic carbocycles. The molecule has 0 fully saturated rings. The Balaban J connectivity index is 2.05. The zero-order valence-electron chi connectivity index (χ0n) is 21.9. The summed E-state index contributed by atoms with van der Waals surface area (Å²) in [6.07, 6.45) is -4.98. The number of aromatic nitrogens is 1. The summed E-state index contributed by atoms with van der Waals surface area (Å²) < 4.78 is 52.4. The molecule has 1 amide bonds. The molecule has 0 aliphatic rings. The van der Waals surface area contributed by atoms with E-state index in [1.807, 2.05) is 0 Å². The maximum Gasteiger partial charge on any atom is 0.423 e. The molecule has 0 bridgehead atoms. The summed E-state index contributed by atoms with van der Waals surface area (Å²) in [6.45, 7) is 10.1. The number of ether oxygens (including phenoxy) is 2. The second kappa shape index (κ2) is 11.9. The Labute approximate surface area is 219 Å². The number of aliphatic hydroxyl groups is 1. The zero-order chi connectivity index (χ0) is 28.1. The van der Waals surface area contributed by atoms with Crippen molar-refractivity contribution in [3.8, 4) is 0 Å². The van der Waals surface area contributed by atoms with Gasteiger partial charge < -0.3 is 19.9 Å². The molecule has 2 aromatic rings. The van der Waals surface area contributed by atoms with Crippen molar-refractivity contribution in [2.75, 3.05) is 11.5 Å². The lowest BCUT2D eigenvalue weighted by Crippen LogP contribution is -2.46. The van der Waals surface area contributed by atoms with Crippen molar-refractivity contribution >= 4 is 34.6 Å². The van der Waals surface area contributed by atoms with E-state index in [0.717, 1.165) is 11.8 Å². The topological polar surface area (TPSA) is 97.8 Å². The van der Waals surface area contributed by atoms with Crippen LogP contribution in [0.1, 0.15) is 60.1 Å². The first kappa shape index (κ1) is 30.7. The fourth-order valence-electron chi connectivity index (χ4n) is 3.32. The molecule has 0 spiro atoms. The smallest absolute Gasteiger partial charge is 0.423 e. The molecule has 1 unspecified atom stereocenters. The van der Waals surface area contributed by atoms with Gasteiger partial charge in [-0.2, -0.15) is 24.9 Å². The fourth-order valence-corrected chi connectivity index (χ4v) is 4.37. The van der Waals surface area contributed by atoms with Gasteiger partial charge in [-0.25, -0.2) is 9.59 Å². The summed E-state index contributed by atoms with van der Waals surface area (Å²) >= 11 is 1.11. The first-order valence-electron chi connectivity index (χ1n) is 11.9. The number of fused-ring (bicyclic) bond motifs is 1. The van der Waals surface area contributed by atoms with E-state index < -0.39 is 53.2 Å². The number of alkyl halides is 3. The number of nitrogens with zero attached hydrogens (tertiary/aromatic N) is 1. The number of hydrogen-bond donors (Lipinski definition) is 2. The molecule has 0 saturated heterocycles. The van der Waals surface area contributed by atoms with Crippen LogP contribution in [0.4, 0.5) is 18.0 Å². The minimum atomic E-state index is -4.94. The average Bonchev–Trinajstić information content (AvgIpc) is 2.74. The van der Waals surface area contributed by atoms with Crippen molar-refractivity contribution in [2.45, 2.75) is 83.4 Å². The Morgan fingerprint density at radius 1 is 1.00 bits per heavy atom. The minimum Gasteiger partial charge on any atom is -0.458 e. The maximum atomic E-state index is 13.9. The maximum absolute atomic E-state index is 13.9. The molecule has 1 aromatic heterocycles. The van der Waals surface area contributed by atoms with E-state index in [4.69, 9.17) is 9.47 Å². The second-order valence-corrected chi connectivity index (χ2v) is 11.9. The van der Waals surface area contributed by atoms with E-state index in [1.165, 1.54) is 12.3 Å². The highest BCUT2D eigenvalue weighted by Gasteiger charge is 2.55. The van der Waals surface area contributed by atoms with Crippen LogP contribution in [0.25, 0.3) is 10.8 Å². The average molecular weight is 545 g/mol. The van der Waals surface area contributed by atoms with Crippen LogP contribution < -0.4 is 5.32 Å². The molecule has 2 atom stereocenters. The van der Waals surface area contributed by atoms with E-state index in [1.54, 1.807) is 65.8 Å². The largest absolute Gasteiger partial charge is 0.458 e. The molecule has 1 heterocycles. The third-order valence-electron chi connectivity index (χ3n) is 5.06. The van der Waals surface area contributed by atoms with Crippen LogP contribution in [-0.4, -0.2) is 57.1 Å². The molecule has 0 saturated carbocycles. The number of rotatable bonds is 9. The van der Waals surface area contributed by atoms with Crippen molar-refractivity contribution < 1.29 is 37.3 Å². The predicted molar refractivity (Wildman–Crippen MR) is 137 cm³/mol. The molecule has 1 aromatic carbocycles. The van der Waals surface area contributed by atoms with Crippen LogP contribution in [0.5, 0.6) is 0 Å². The summed E-state index contributed by atoms with van der Waals surface area (Å²) in [5.74, 6) is -0.525. The van der Waals surface area contributed by atoms with Crippen molar-refractivity contribution in [2.24, 2.45) is 0 Å². The highest BCUT2D eigenvalue weighted by molar-refractivity contribution is 7.99. The first-order chi connectivity index (χ1) is 16.9. The first-order valence-corrected chi connectivity index (χ1v) is 13.0. The number of thioether (sulfide) groups is 1. The molecule has 0 aliphatic heterocycles. The van der Waals surface area contributed by atoms with Gasteiger partial charge in [-0.05, 0) is 77.3 Å². The van der Waals surface area contributed by atoms with Crippen LogP contribution in [0.3, 0.4) is 0 Å². The summed E-state index contributed by atoms with van der Waals surface area (Å²) in [4.78, 5) is 28.7. The number of carbonyl (C=O) groups is 2. The van der Waals surface area contributed by atoms with E-state index in [2.05, 4.69) is 10.3 Å². The predicted octanol–water partition coefficient (Wildman–Crippen LogP) is 5.73. The third kappa shape index (κ3) is 9.37. The van der Waals surface area contributed by atoms with Gasteiger partial charge in [0.05, 0.1) is 5.69 Å². The van der Waals surface area contributed by atoms with Gasteiger partial charge in [-0.1, -0.05) is 24.3 Å². The summed E-state index contributed by atoms with van der Waals surface area (Å²) in [5, 5.41) is 14.4. The number of amides is 1. The van der Waals surface area contributed by atoms with E-state index in [9.17, 15) is 27.9 Å². The third-order valence-corrected chi connectivity index (χ3v) is 6.08. The summed E-state index contributed by atoms with van der Waals surface area (Å²) in [6, 6.07) is 7.02. The molecule has 206 valence electrons. The highest BCUT2D eigenvalue weighted by Crippen LogP contribution is 2.42. The molecule has 2 rings (SSSR count). The Hall–Kier alpha value is -2.53. The molecule has 0 radical (unpaired) electrons. The lowest BCUT2D eigenvalue weighted by molar-refractivity contribution is -0.268. The molecular formula is C26H35F3N2O5S. The van der Waals surface area contributed by atoms with Crippen molar-refractivity contribution in [1.82, 2.24) is 10.3 Å². The van der Waals surface area contributed by atoms with Crippen LogP contribution in [0.2, 0.25) is 0 Å². The van der Waals surface area contributed by atoms with Crippen molar-refractivity contribution in [1.29, 1.82) is 0 Å². The fraction of sp³-hybridized carbons (Fsp3) is 0.577. The number of halogens is 3. The molecule has 37 heavy (non-hydrogen) atoms. The lowest BCUT2D eigenvalue weighted by Gasteiger charge is -2.30. The number of pyridine rings is 1. The lowest BCUT2D eigenvalue weighted by atomic mass is 9.94. The van der Waals surface area contributed by atoms with Gasteiger partial charge in [0.15, 0.2) is 0 Å².